The van der Waals surface area contributed by atoms with Crippen LogP contribution in [0.1, 0.15) is 26.7 Å². The summed E-state index contributed by atoms with van der Waals surface area (Å²) in [6.07, 6.45) is 1.04. The van der Waals surface area contributed by atoms with Crippen LogP contribution in [0.4, 0.5) is 9.59 Å². The number of rotatable bonds is 5. The molecule has 0 aromatic rings. The van der Waals surface area contributed by atoms with Crippen LogP contribution in [0, 0.1) is 0 Å². The van der Waals surface area contributed by atoms with E-state index in [-0.39, 0.29) is 30.7 Å². The Morgan fingerprint density at radius 1 is 0.808 bits per heavy atom. The van der Waals surface area contributed by atoms with E-state index in [0.29, 0.717) is 52.5 Å². The van der Waals surface area contributed by atoms with Crippen LogP contribution >= 0.6 is 0 Å². The van der Waals surface area contributed by atoms with E-state index in [1.54, 1.807) is 28.5 Å². The molecule has 148 valence electrons. The smallest absolute Gasteiger partial charge is 0.409 e. The molecule has 2 aliphatic heterocycles. The molecular weight excluding hydrogens is 340 g/mol. The van der Waals surface area contributed by atoms with Gasteiger partial charge in [0.1, 0.15) is 0 Å². The predicted octanol–water partition coefficient (Wildman–Crippen LogP) is 0.498. The molecule has 1 N–H and O–H groups in total. The molecule has 0 spiro atoms. The number of ether oxygens (including phenoxy) is 2. The molecule has 0 aliphatic carbocycles. The van der Waals surface area contributed by atoms with E-state index in [1.165, 1.54) is 0 Å². The summed E-state index contributed by atoms with van der Waals surface area (Å²) in [7, 11) is 0. The third kappa shape index (κ3) is 5.76. The molecule has 2 rings (SSSR count). The number of carbonyl (C=O) groups excluding carboxylic acids is 3. The normalized spacial score (nSPS) is 18.6. The maximum absolute atomic E-state index is 12.3. The Kier molecular flexibility index (Phi) is 7.96. The summed E-state index contributed by atoms with van der Waals surface area (Å²) < 4.78 is 9.98. The van der Waals surface area contributed by atoms with Crippen LogP contribution in [-0.4, -0.2) is 97.9 Å². The minimum atomic E-state index is -0.314. The van der Waals surface area contributed by atoms with E-state index in [4.69, 9.17) is 9.47 Å². The van der Waals surface area contributed by atoms with Gasteiger partial charge in [-0.05, 0) is 26.7 Å². The maximum atomic E-state index is 12.3. The molecule has 0 saturated carbocycles. The predicted molar refractivity (Wildman–Crippen MR) is 94.8 cm³/mol. The topological polar surface area (TPSA) is 91.4 Å². The number of nitrogens with one attached hydrogen (secondary N) is 1. The second-order valence-corrected chi connectivity index (χ2v) is 6.41. The monoisotopic (exact) mass is 370 g/mol. The molecule has 0 atom stereocenters. The molecule has 9 nitrogen and oxygen atoms in total. The van der Waals surface area contributed by atoms with Gasteiger partial charge in [0.2, 0.25) is 5.91 Å². The van der Waals surface area contributed by atoms with Crippen molar-refractivity contribution >= 4 is 18.1 Å². The Labute approximate surface area is 154 Å². The second kappa shape index (κ2) is 10.2. The lowest BCUT2D eigenvalue weighted by Crippen LogP contribution is -2.53. The van der Waals surface area contributed by atoms with Crippen LogP contribution in [0.25, 0.3) is 0 Å². The first-order valence-electron chi connectivity index (χ1n) is 9.39. The molecule has 2 fully saturated rings. The molecule has 3 amide bonds. The lowest BCUT2D eigenvalue weighted by atomic mass is 10.1. The van der Waals surface area contributed by atoms with E-state index >= 15 is 0 Å². The third-order valence-electron chi connectivity index (χ3n) is 4.72. The molecule has 2 heterocycles. The van der Waals surface area contributed by atoms with Gasteiger partial charge in [-0.3, -0.25) is 4.79 Å². The first kappa shape index (κ1) is 20.3. The van der Waals surface area contributed by atoms with E-state index in [1.807, 2.05) is 0 Å². The zero-order valence-electron chi connectivity index (χ0n) is 15.7. The van der Waals surface area contributed by atoms with Crippen molar-refractivity contribution in [3.8, 4) is 0 Å². The van der Waals surface area contributed by atoms with Crippen molar-refractivity contribution in [2.24, 2.45) is 0 Å². The van der Waals surface area contributed by atoms with Crippen molar-refractivity contribution in [1.29, 1.82) is 0 Å². The number of piperazine rings is 1. The Bertz CT molecular complexity index is 486. The van der Waals surface area contributed by atoms with Gasteiger partial charge in [-0.25, -0.2) is 9.59 Å². The zero-order valence-corrected chi connectivity index (χ0v) is 15.7. The number of amides is 3. The second-order valence-electron chi connectivity index (χ2n) is 6.41. The summed E-state index contributed by atoms with van der Waals surface area (Å²) in [6.45, 7) is 7.94. The number of nitrogens with zero attached hydrogens (tertiary/aromatic N) is 3. The summed E-state index contributed by atoms with van der Waals surface area (Å²) >= 11 is 0. The summed E-state index contributed by atoms with van der Waals surface area (Å²) in [5.74, 6) is 0.0429. The Morgan fingerprint density at radius 3 is 1.77 bits per heavy atom. The number of carbonyl (C=O) groups is 3. The molecule has 0 radical (unpaired) electrons. The van der Waals surface area contributed by atoms with Gasteiger partial charge in [0.25, 0.3) is 0 Å². The fourth-order valence-corrected chi connectivity index (χ4v) is 3.18. The minimum absolute atomic E-state index is 0.0429. The largest absolute Gasteiger partial charge is 0.450 e. The quantitative estimate of drug-likeness (QED) is 0.758. The van der Waals surface area contributed by atoms with Gasteiger partial charge in [0.15, 0.2) is 0 Å². The van der Waals surface area contributed by atoms with E-state index < -0.39 is 0 Å². The van der Waals surface area contributed by atoms with E-state index in [9.17, 15) is 14.4 Å². The summed E-state index contributed by atoms with van der Waals surface area (Å²) in [5, 5.41) is 3.29. The molecule has 0 bridgehead atoms. The first-order valence-corrected chi connectivity index (χ1v) is 9.39. The van der Waals surface area contributed by atoms with Crippen LogP contribution in [0.5, 0.6) is 0 Å². The number of likely N-dealkylation sites (tertiary alicyclic amines) is 1. The van der Waals surface area contributed by atoms with Gasteiger partial charge in [-0.2, -0.15) is 0 Å². The van der Waals surface area contributed by atoms with E-state index in [2.05, 4.69) is 5.32 Å². The van der Waals surface area contributed by atoms with Gasteiger partial charge < -0.3 is 29.5 Å². The van der Waals surface area contributed by atoms with Crippen LogP contribution in [0.15, 0.2) is 0 Å². The molecule has 26 heavy (non-hydrogen) atoms. The van der Waals surface area contributed by atoms with Gasteiger partial charge in [0.05, 0.1) is 19.8 Å². The van der Waals surface area contributed by atoms with Gasteiger partial charge >= 0.3 is 12.2 Å². The summed E-state index contributed by atoms with van der Waals surface area (Å²) in [5.41, 5.74) is 0. The van der Waals surface area contributed by atoms with Crippen molar-refractivity contribution in [2.45, 2.75) is 32.7 Å². The lowest BCUT2D eigenvalue weighted by Gasteiger charge is -2.35. The maximum Gasteiger partial charge on any atom is 0.409 e. The number of hydrogen-bond acceptors (Lipinski definition) is 6. The third-order valence-corrected chi connectivity index (χ3v) is 4.72. The standard InChI is InChI=1S/C17H30N4O5/c1-3-25-16(23)20-7-5-14(6-8-20)18-13-15(22)19-9-11-21(12-10-19)17(24)26-4-2/h14,18H,3-13H2,1-2H3. The van der Waals surface area contributed by atoms with Crippen LogP contribution in [0.3, 0.4) is 0 Å². The highest BCUT2D eigenvalue weighted by Crippen LogP contribution is 2.11. The fraction of sp³-hybridized carbons (Fsp3) is 0.824. The highest BCUT2D eigenvalue weighted by Gasteiger charge is 2.27. The Morgan fingerprint density at radius 2 is 1.27 bits per heavy atom. The number of hydrogen-bond donors (Lipinski definition) is 1. The highest BCUT2D eigenvalue weighted by molar-refractivity contribution is 5.78. The van der Waals surface area contributed by atoms with Crippen molar-refractivity contribution in [3.63, 3.8) is 0 Å². The Balaban J connectivity index is 1.64. The number of piperidine rings is 1. The average Bonchev–Trinajstić information content (AvgIpc) is 2.67. The van der Waals surface area contributed by atoms with Crippen LogP contribution < -0.4 is 5.32 Å². The molecule has 0 aromatic heterocycles. The van der Waals surface area contributed by atoms with Gasteiger partial charge in [0, 0.05) is 45.3 Å². The zero-order chi connectivity index (χ0) is 18.9. The average molecular weight is 370 g/mol. The first-order chi connectivity index (χ1) is 12.5. The minimum Gasteiger partial charge on any atom is -0.450 e. The van der Waals surface area contributed by atoms with Gasteiger partial charge in [-0.1, -0.05) is 0 Å². The molecule has 0 aromatic carbocycles. The van der Waals surface area contributed by atoms with Crippen LogP contribution in [0.2, 0.25) is 0 Å². The Hall–Kier alpha value is -2.03. The molecule has 9 heteroatoms. The lowest BCUT2D eigenvalue weighted by molar-refractivity contribution is -0.132. The SMILES string of the molecule is CCOC(=O)N1CCC(NCC(=O)N2CCN(C(=O)OCC)CC2)CC1. The van der Waals surface area contributed by atoms with E-state index in [0.717, 1.165) is 12.8 Å². The molecule has 2 aliphatic rings. The molecule has 2 saturated heterocycles. The summed E-state index contributed by atoms with van der Waals surface area (Å²) in [4.78, 5) is 40.8. The molecule has 0 unspecified atom stereocenters. The van der Waals surface area contributed by atoms with Crippen molar-refractivity contribution in [1.82, 2.24) is 20.0 Å². The van der Waals surface area contributed by atoms with Crippen molar-refractivity contribution < 1.29 is 23.9 Å². The summed E-state index contributed by atoms with van der Waals surface area (Å²) in [6, 6.07) is 0.227. The van der Waals surface area contributed by atoms with Crippen molar-refractivity contribution in [3.05, 3.63) is 0 Å². The highest BCUT2D eigenvalue weighted by atomic mass is 16.6. The van der Waals surface area contributed by atoms with Gasteiger partial charge in [-0.15, -0.1) is 0 Å². The fourth-order valence-electron chi connectivity index (χ4n) is 3.18. The van der Waals surface area contributed by atoms with Crippen LogP contribution in [-0.2, 0) is 14.3 Å². The van der Waals surface area contributed by atoms with Crippen molar-refractivity contribution in [2.75, 3.05) is 59.0 Å². The molecular formula is C17H30N4O5.